The average Bonchev–Trinajstić information content (AvgIpc) is 3.81. The van der Waals surface area contributed by atoms with Gasteiger partial charge in [-0.2, -0.15) is 0 Å². The molecule has 0 saturated heterocycles. The van der Waals surface area contributed by atoms with Gasteiger partial charge in [-0.1, -0.05) is 79.4 Å². The van der Waals surface area contributed by atoms with Gasteiger partial charge in [0.25, 0.3) is 0 Å². The fraction of sp³-hybridized carbons (Fsp3) is 0.270. The molecule has 2 heterocycles. The predicted molar refractivity (Wildman–Crippen MR) is 172 cm³/mol. The highest BCUT2D eigenvalue weighted by atomic mass is 32.1. The first-order valence-electron chi connectivity index (χ1n) is 14.8. The second-order valence-electron chi connectivity index (χ2n) is 12.3. The lowest BCUT2D eigenvalue weighted by atomic mass is 9.71. The molecular formula is C37H30O2S2. The van der Waals surface area contributed by atoms with Crippen LogP contribution in [0.15, 0.2) is 97.6 Å². The van der Waals surface area contributed by atoms with E-state index in [4.69, 9.17) is 4.74 Å². The topological polar surface area (TPSA) is 26.3 Å². The molecule has 0 spiro atoms. The Morgan fingerprint density at radius 3 is 1.88 bits per heavy atom. The first-order valence-corrected chi connectivity index (χ1v) is 16.5. The van der Waals surface area contributed by atoms with Crippen LogP contribution >= 0.6 is 22.7 Å². The van der Waals surface area contributed by atoms with Crippen LogP contribution in [0.4, 0.5) is 0 Å². The Labute approximate surface area is 247 Å². The SMILES string of the molecule is C=CC(=O)O[C@@H]1C2CC(C3CC(c4cccc5c4sc4ccccc45)CC32)C1c1cccc2c1sc1ccccc12. The molecule has 202 valence electrons. The van der Waals surface area contributed by atoms with Crippen molar-refractivity contribution < 1.29 is 9.53 Å². The summed E-state index contributed by atoms with van der Waals surface area (Å²) < 4.78 is 11.8. The Hall–Kier alpha value is -3.47. The molecule has 0 aliphatic heterocycles. The van der Waals surface area contributed by atoms with Gasteiger partial charge in [0.2, 0.25) is 0 Å². The Morgan fingerprint density at radius 1 is 0.659 bits per heavy atom. The van der Waals surface area contributed by atoms with E-state index in [0.29, 0.717) is 29.6 Å². The van der Waals surface area contributed by atoms with Gasteiger partial charge in [0.1, 0.15) is 6.10 Å². The second kappa shape index (κ2) is 9.01. The highest BCUT2D eigenvalue weighted by molar-refractivity contribution is 7.26. The van der Waals surface area contributed by atoms with E-state index in [-0.39, 0.29) is 18.0 Å². The zero-order valence-electron chi connectivity index (χ0n) is 22.7. The molecular weight excluding hydrogens is 541 g/mol. The van der Waals surface area contributed by atoms with Gasteiger partial charge in [0.15, 0.2) is 0 Å². The quantitative estimate of drug-likeness (QED) is 0.156. The number of thiophene rings is 2. The molecule has 4 aromatic carbocycles. The highest BCUT2D eigenvalue weighted by Crippen LogP contribution is 2.67. The summed E-state index contributed by atoms with van der Waals surface area (Å²) in [5.41, 5.74) is 2.91. The number of hydrogen-bond acceptors (Lipinski definition) is 4. The summed E-state index contributed by atoms with van der Waals surface area (Å²) in [5.74, 6) is 2.74. The van der Waals surface area contributed by atoms with E-state index >= 15 is 0 Å². The van der Waals surface area contributed by atoms with E-state index in [9.17, 15) is 4.79 Å². The van der Waals surface area contributed by atoms with Crippen molar-refractivity contribution in [3.63, 3.8) is 0 Å². The Morgan fingerprint density at radius 2 is 1.22 bits per heavy atom. The van der Waals surface area contributed by atoms with Gasteiger partial charge in [0, 0.05) is 52.3 Å². The Bertz CT molecular complexity index is 2010. The van der Waals surface area contributed by atoms with Crippen LogP contribution in [-0.2, 0) is 9.53 Å². The van der Waals surface area contributed by atoms with E-state index < -0.39 is 0 Å². The third-order valence-corrected chi connectivity index (χ3v) is 13.1. The van der Waals surface area contributed by atoms with Crippen molar-refractivity contribution >= 4 is 69.0 Å². The highest BCUT2D eigenvalue weighted by Gasteiger charge is 2.62. The molecule has 2 nitrogen and oxygen atoms in total. The van der Waals surface area contributed by atoms with Crippen molar-refractivity contribution in [1.29, 1.82) is 0 Å². The summed E-state index contributed by atoms with van der Waals surface area (Å²) in [4.78, 5) is 12.7. The van der Waals surface area contributed by atoms with Gasteiger partial charge in [0.05, 0.1) is 0 Å². The maximum Gasteiger partial charge on any atom is 0.330 e. The first kappa shape index (κ1) is 24.2. The predicted octanol–water partition coefficient (Wildman–Crippen LogP) is 10.1. The van der Waals surface area contributed by atoms with Crippen LogP contribution in [0.25, 0.3) is 40.3 Å². The lowest BCUT2D eigenvalue weighted by Gasteiger charge is -2.38. The van der Waals surface area contributed by atoms with Gasteiger partial charge in [-0.15, -0.1) is 22.7 Å². The number of fused-ring (bicyclic) bond motifs is 11. The zero-order chi connectivity index (χ0) is 27.2. The molecule has 3 saturated carbocycles. The number of rotatable bonds is 4. The van der Waals surface area contributed by atoms with Crippen LogP contribution in [0.2, 0.25) is 0 Å². The van der Waals surface area contributed by atoms with Crippen LogP contribution in [0.3, 0.4) is 0 Å². The van der Waals surface area contributed by atoms with Crippen molar-refractivity contribution in [2.75, 3.05) is 0 Å². The molecule has 0 radical (unpaired) electrons. The molecule has 41 heavy (non-hydrogen) atoms. The van der Waals surface area contributed by atoms with E-state index in [1.165, 1.54) is 70.4 Å². The smallest absolute Gasteiger partial charge is 0.330 e. The van der Waals surface area contributed by atoms with Crippen molar-refractivity contribution in [3.05, 3.63) is 109 Å². The fourth-order valence-electron chi connectivity index (χ4n) is 9.18. The maximum atomic E-state index is 12.7. The number of esters is 1. The van der Waals surface area contributed by atoms with E-state index in [0.717, 1.165) is 6.42 Å². The van der Waals surface area contributed by atoms with Crippen LogP contribution in [0, 0.1) is 23.7 Å². The average molecular weight is 571 g/mol. The summed E-state index contributed by atoms with van der Waals surface area (Å²) in [6.45, 7) is 3.74. The summed E-state index contributed by atoms with van der Waals surface area (Å²) >= 11 is 3.85. The number of carbonyl (C=O) groups is 1. The summed E-state index contributed by atoms with van der Waals surface area (Å²) in [6.07, 6.45) is 4.86. The zero-order valence-corrected chi connectivity index (χ0v) is 24.3. The largest absolute Gasteiger partial charge is 0.458 e. The van der Waals surface area contributed by atoms with E-state index in [2.05, 4.69) is 91.5 Å². The Balaban J connectivity index is 1.13. The van der Waals surface area contributed by atoms with Gasteiger partial charge in [-0.25, -0.2) is 4.79 Å². The fourth-order valence-corrected chi connectivity index (χ4v) is 11.7. The van der Waals surface area contributed by atoms with Crippen LogP contribution < -0.4 is 0 Å². The molecule has 3 fully saturated rings. The van der Waals surface area contributed by atoms with Crippen molar-refractivity contribution in [2.45, 2.75) is 37.2 Å². The second-order valence-corrected chi connectivity index (χ2v) is 14.4. The Kier molecular flexibility index (Phi) is 5.31. The van der Waals surface area contributed by atoms with Crippen LogP contribution in [-0.4, -0.2) is 12.1 Å². The molecule has 7 atom stereocenters. The maximum absolute atomic E-state index is 12.7. The van der Waals surface area contributed by atoms with Crippen molar-refractivity contribution in [2.24, 2.45) is 23.7 Å². The van der Waals surface area contributed by atoms with E-state index in [1.807, 2.05) is 22.7 Å². The van der Waals surface area contributed by atoms with Crippen LogP contribution in [0.1, 0.15) is 42.2 Å². The summed E-state index contributed by atoms with van der Waals surface area (Å²) in [6, 6.07) is 31.3. The number of carbonyl (C=O) groups excluding carboxylic acids is 1. The molecule has 9 rings (SSSR count). The molecule has 2 bridgehead atoms. The lowest BCUT2D eigenvalue weighted by Crippen LogP contribution is -2.38. The molecule has 0 amide bonds. The minimum atomic E-state index is -0.280. The molecule has 6 aromatic rings. The lowest BCUT2D eigenvalue weighted by molar-refractivity contribution is -0.148. The molecule has 4 heteroatoms. The number of ether oxygens (including phenoxy) is 1. The van der Waals surface area contributed by atoms with Gasteiger partial charge in [-0.05, 0) is 72.1 Å². The van der Waals surface area contributed by atoms with Gasteiger partial charge >= 0.3 is 5.97 Å². The van der Waals surface area contributed by atoms with Crippen LogP contribution in [0.5, 0.6) is 0 Å². The first-order chi connectivity index (χ1) is 20.2. The standard InChI is InChI=1S/C37H30O2S2/c1-2-33(38)39-35-30-19-29(34(35)26-14-8-13-25-23-10-4-6-16-32(23)41-37(25)26)27-17-20(18-28(27)30)21-11-7-12-24-22-9-3-5-15-31(22)40-36(21)24/h2-16,20,27-30,34-35H,1,17-19H2/t20?,27?,28?,29?,30?,34?,35-/m1/s1. The van der Waals surface area contributed by atoms with Crippen molar-refractivity contribution in [3.8, 4) is 0 Å². The molecule has 0 N–H and O–H groups in total. The summed E-state index contributed by atoms with van der Waals surface area (Å²) in [5, 5.41) is 5.43. The molecule has 6 unspecified atom stereocenters. The third-order valence-electron chi connectivity index (χ3n) is 10.6. The minimum Gasteiger partial charge on any atom is -0.458 e. The molecule has 3 aliphatic carbocycles. The molecule has 2 aromatic heterocycles. The minimum absolute atomic E-state index is 0.0820. The van der Waals surface area contributed by atoms with E-state index in [1.54, 1.807) is 0 Å². The monoisotopic (exact) mass is 570 g/mol. The van der Waals surface area contributed by atoms with Gasteiger partial charge in [-0.3, -0.25) is 0 Å². The molecule has 3 aliphatic rings. The van der Waals surface area contributed by atoms with Crippen molar-refractivity contribution in [1.82, 2.24) is 0 Å². The summed E-state index contributed by atoms with van der Waals surface area (Å²) in [7, 11) is 0. The van der Waals surface area contributed by atoms with Gasteiger partial charge < -0.3 is 4.74 Å². The number of hydrogen-bond donors (Lipinski definition) is 0. The third kappa shape index (κ3) is 3.44. The number of benzene rings is 4. The normalized spacial score (nSPS) is 28.6.